The molecule has 2 rings (SSSR count). The Hall–Kier alpha value is -1.89. The third-order valence-electron chi connectivity index (χ3n) is 2.97. The van der Waals surface area contributed by atoms with Crippen LogP contribution in [0.3, 0.4) is 0 Å². The van der Waals surface area contributed by atoms with Crippen LogP contribution in [0.5, 0.6) is 0 Å². The van der Waals surface area contributed by atoms with Crippen molar-refractivity contribution < 1.29 is 18.0 Å². The van der Waals surface area contributed by atoms with Crippen molar-refractivity contribution >= 4 is 23.4 Å². The number of hydrogen-bond acceptors (Lipinski definition) is 2. The molecule has 0 aliphatic carbocycles. The fraction of sp³-hybridized carbons (Fsp3) is 0.214. The number of nitrogens with zero attached hydrogens (tertiary/aromatic N) is 1. The van der Waals surface area contributed by atoms with E-state index in [1.54, 1.807) is 29.8 Å². The summed E-state index contributed by atoms with van der Waals surface area (Å²) >= 11 is -0.248. The predicted molar refractivity (Wildman–Crippen MR) is 76.5 cm³/mol. The Morgan fingerprint density at radius 3 is 2.43 bits per heavy atom. The van der Waals surface area contributed by atoms with Crippen LogP contribution in [0.1, 0.15) is 16.2 Å². The molecule has 0 bridgehead atoms. The molecule has 1 heterocycles. The first kappa shape index (κ1) is 15.5. The highest BCUT2D eigenvalue weighted by molar-refractivity contribution is 8.00. The van der Waals surface area contributed by atoms with Gasteiger partial charge in [0.1, 0.15) is 5.69 Å². The summed E-state index contributed by atoms with van der Waals surface area (Å²) in [7, 11) is 1.72. The minimum absolute atomic E-state index is 0.0377. The molecule has 1 amide bonds. The van der Waals surface area contributed by atoms with Crippen molar-refractivity contribution in [2.45, 2.75) is 17.3 Å². The number of aryl methyl sites for hydroxylation is 1. The maximum Gasteiger partial charge on any atom is 0.446 e. The first-order valence-corrected chi connectivity index (χ1v) is 6.88. The Bertz CT molecular complexity index is 664. The van der Waals surface area contributed by atoms with Gasteiger partial charge in [0.25, 0.3) is 5.91 Å². The molecule has 1 aromatic carbocycles. The van der Waals surface area contributed by atoms with E-state index < -0.39 is 11.4 Å². The molecule has 3 nitrogen and oxygen atoms in total. The van der Waals surface area contributed by atoms with Gasteiger partial charge in [0.05, 0.1) is 5.69 Å². The molecule has 21 heavy (non-hydrogen) atoms. The second-order valence-electron chi connectivity index (χ2n) is 4.42. The molecule has 0 spiro atoms. The Balaban J connectivity index is 2.24. The van der Waals surface area contributed by atoms with Gasteiger partial charge < -0.3 is 9.88 Å². The van der Waals surface area contributed by atoms with E-state index in [4.69, 9.17) is 0 Å². The SMILES string of the molecule is Cc1ccc(C(=O)Nc2ccccc2SC(F)(F)F)n1C. The normalized spacial score (nSPS) is 11.5. The van der Waals surface area contributed by atoms with E-state index in [0.29, 0.717) is 5.69 Å². The van der Waals surface area contributed by atoms with E-state index >= 15 is 0 Å². The van der Waals surface area contributed by atoms with Crippen molar-refractivity contribution in [1.29, 1.82) is 0 Å². The van der Waals surface area contributed by atoms with Gasteiger partial charge in [-0.3, -0.25) is 4.79 Å². The highest BCUT2D eigenvalue weighted by Crippen LogP contribution is 2.40. The summed E-state index contributed by atoms with van der Waals surface area (Å²) in [6.45, 7) is 1.84. The number of aromatic nitrogens is 1. The predicted octanol–water partition coefficient (Wildman–Crippen LogP) is 4.20. The third kappa shape index (κ3) is 3.81. The highest BCUT2D eigenvalue weighted by Gasteiger charge is 2.30. The molecule has 1 N–H and O–H groups in total. The quantitative estimate of drug-likeness (QED) is 0.862. The Labute approximate surface area is 124 Å². The molecule has 7 heteroatoms. The molecule has 0 atom stereocenters. The molecular weight excluding hydrogens is 301 g/mol. The summed E-state index contributed by atoms with van der Waals surface area (Å²) in [4.78, 5) is 12.1. The smallest absolute Gasteiger partial charge is 0.344 e. The van der Waals surface area contributed by atoms with Crippen molar-refractivity contribution in [3.05, 3.63) is 47.8 Å². The number of amides is 1. The number of hydrogen-bond donors (Lipinski definition) is 1. The van der Waals surface area contributed by atoms with E-state index in [0.717, 1.165) is 5.69 Å². The largest absolute Gasteiger partial charge is 0.446 e. The van der Waals surface area contributed by atoms with Crippen molar-refractivity contribution in [2.24, 2.45) is 7.05 Å². The van der Waals surface area contributed by atoms with Gasteiger partial charge >= 0.3 is 5.51 Å². The summed E-state index contributed by atoms with van der Waals surface area (Å²) in [5.41, 5.74) is -2.98. The third-order valence-corrected chi connectivity index (χ3v) is 3.77. The van der Waals surface area contributed by atoms with Gasteiger partial charge in [-0.1, -0.05) is 12.1 Å². The number of thioether (sulfide) groups is 1. The van der Waals surface area contributed by atoms with Crippen LogP contribution >= 0.6 is 11.8 Å². The summed E-state index contributed by atoms with van der Waals surface area (Å²) in [6, 6.07) is 9.24. The van der Waals surface area contributed by atoms with Gasteiger partial charge in [-0.2, -0.15) is 13.2 Å². The number of halogens is 3. The fourth-order valence-corrected chi connectivity index (χ4v) is 2.44. The molecule has 0 radical (unpaired) electrons. The lowest BCUT2D eigenvalue weighted by Gasteiger charge is -2.12. The molecule has 1 aromatic heterocycles. The van der Waals surface area contributed by atoms with Crippen molar-refractivity contribution in [3.63, 3.8) is 0 Å². The topological polar surface area (TPSA) is 34.0 Å². The van der Waals surface area contributed by atoms with Crippen LogP contribution in [0.15, 0.2) is 41.3 Å². The molecule has 2 aromatic rings. The molecular formula is C14H13F3N2OS. The van der Waals surface area contributed by atoms with Crippen LogP contribution in [0.2, 0.25) is 0 Å². The number of para-hydroxylation sites is 1. The maximum atomic E-state index is 12.5. The number of benzene rings is 1. The number of nitrogens with one attached hydrogen (secondary N) is 1. The van der Waals surface area contributed by atoms with Gasteiger partial charge in [0, 0.05) is 17.6 Å². The second-order valence-corrected chi connectivity index (χ2v) is 5.52. The lowest BCUT2D eigenvalue weighted by atomic mass is 10.3. The number of alkyl halides is 3. The second kappa shape index (κ2) is 5.85. The average molecular weight is 314 g/mol. The van der Waals surface area contributed by atoms with Crippen molar-refractivity contribution in [2.75, 3.05) is 5.32 Å². The Morgan fingerprint density at radius 2 is 1.86 bits per heavy atom. The van der Waals surface area contributed by atoms with Crippen LogP contribution in [0.25, 0.3) is 0 Å². The molecule has 0 fully saturated rings. The average Bonchev–Trinajstić information content (AvgIpc) is 2.71. The Kier molecular flexibility index (Phi) is 4.32. The van der Waals surface area contributed by atoms with Crippen LogP contribution in [0, 0.1) is 6.92 Å². The molecule has 0 saturated carbocycles. The van der Waals surface area contributed by atoms with E-state index in [-0.39, 0.29) is 22.3 Å². The van der Waals surface area contributed by atoms with Crippen LogP contribution < -0.4 is 5.32 Å². The van der Waals surface area contributed by atoms with Crippen LogP contribution in [-0.4, -0.2) is 16.0 Å². The van der Waals surface area contributed by atoms with E-state index in [2.05, 4.69) is 5.32 Å². The van der Waals surface area contributed by atoms with Gasteiger partial charge in [-0.05, 0) is 43.0 Å². The number of carbonyl (C=O) groups excluding carboxylic acids is 1. The zero-order valence-corrected chi connectivity index (χ0v) is 12.2. The first-order chi connectivity index (χ1) is 9.78. The van der Waals surface area contributed by atoms with E-state index in [9.17, 15) is 18.0 Å². The number of carbonyl (C=O) groups is 1. The van der Waals surface area contributed by atoms with Crippen LogP contribution in [0.4, 0.5) is 18.9 Å². The number of rotatable bonds is 3. The van der Waals surface area contributed by atoms with Crippen molar-refractivity contribution in [3.8, 4) is 0 Å². The minimum Gasteiger partial charge on any atom is -0.344 e. The van der Waals surface area contributed by atoms with E-state index in [1.807, 2.05) is 6.92 Å². The van der Waals surface area contributed by atoms with Gasteiger partial charge in [-0.15, -0.1) is 0 Å². The molecule has 112 valence electrons. The van der Waals surface area contributed by atoms with Gasteiger partial charge in [0.2, 0.25) is 0 Å². The minimum atomic E-state index is -4.40. The first-order valence-electron chi connectivity index (χ1n) is 6.06. The van der Waals surface area contributed by atoms with Gasteiger partial charge in [-0.25, -0.2) is 0 Å². The highest BCUT2D eigenvalue weighted by atomic mass is 32.2. The zero-order chi connectivity index (χ0) is 15.6. The molecule has 0 aliphatic rings. The van der Waals surface area contributed by atoms with Crippen LogP contribution in [-0.2, 0) is 7.05 Å². The van der Waals surface area contributed by atoms with Crippen molar-refractivity contribution in [1.82, 2.24) is 4.57 Å². The van der Waals surface area contributed by atoms with E-state index in [1.165, 1.54) is 18.2 Å². The summed E-state index contributed by atoms with van der Waals surface area (Å²) < 4.78 is 39.2. The summed E-state index contributed by atoms with van der Waals surface area (Å²) in [5, 5.41) is 2.52. The lowest BCUT2D eigenvalue weighted by molar-refractivity contribution is -0.0328. The standard InChI is InChI=1S/C14H13F3N2OS/c1-9-7-8-11(19(9)2)13(20)18-10-5-3-4-6-12(10)21-14(15,16)17/h3-8H,1-2H3,(H,18,20). The van der Waals surface area contributed by atoms with Gasteiger partial charge in [0.15, 0.2) is 0 Å². The molecule has 0 unspecified atom stereocenters. The Morgan fingerprint density at radius 1 is 1.19 bits per heavy atom. The number of anilines is 1. The summed E-state index contributed by atoms with van der Waals surface area (Å²) in [5.74, 6) is -0.444. The summed E-state index contributed by atoms with van der Waals surface area (Å²) in [6.07, 6.45) is 0. The monoisotopic (exact) mass is 314 g/mol. The molecule has 0 saturated heterocycles. The fourth-order valence-electron chi connectivity index (χ4n) is 1.81. The lowest BCUT2D eigenvalue weighted by Crippen LogP contribution is -2.16. The zero-order valence-electron chi connectivity index (χ0n) is 11.4. The molecule has 0 aliphatic heterocycles. The maximum absolute atomic E-state index is 12.5.